The lowest BCUT2D eigenvalue weighted by Gasteiger charge is -2.25. The number of anilines is 1. The minimum Gasteiger partial charge on any atom is -0.377 e. The first-order chi connectivity index (χ1) is 9.28. The Morgan fingerprint density at radius 3 is 3.05 bits per heavy atom. The van der Waals surface area contributed by atoms with Gasteiger partial charge in [0, 0.05) is 4.88 Å². The van der Waals surface area contributed by atoms with E-state index in [1.54, 1.807) is 0 Å². The second kappa shape index (κ2) is 5.36. The van der Waals surface area contributed by atoms with Crippen LogP contribution in [0.15, 0.2) is 34.1 Å². The number of hydrogen-bond acceptors (Lipinski definition) is 3. The highest BCUT2D eigenvalue weighted by Crippen LogP contribution is 2.39. The van der Waals surface area contributed by atoms with Gasteiger partial charge in [0.2, 0.25) is 0 Å². The number of rotatable bonds is 2. The summed E-state index contributed by atoms with van der Waals surface area (Å²) in [5, 5.41) is 12.7. The molecule has 19 heavy (non-hydrogen) atoms. The molecule has 1 unspecified atom stereocenters. The Hall–Kier alpha value is -1.31. The highest BCUT2D eigenvalue weighted by atomic mass is 79.9. The summed E-state index contributed by atoms with van der Waals surface area (Å²) in [6, 6.07) is 12.5. The van der Waals surface area contributed by atoms with Gasteiger partial charge in [0.15, 0.2) is 0 Å². The van der Waals surface area contributed by atoms with Crippen LogP contribution < -0.4 is 5.32 Å². The Bertz CT molecular complexity index is 642. The zero-order chi connectivity index (χ0) is 13.2. The van der Waals surface area contributed by atoms with E-state index >= 15 is 0 Å². The minimum atomic E-state index is 0.320. The normalized spacial score (nSPS) is 17.6. The van der Waals surface area contributed by atoms with E-state index in [0.29, 0.717) is 11.6 Å². The molecule has 2 aromatic rings. The molecule has 3 rings (SSSR count). The van der Waals surface area contributed by atoms with Crippen LogP contribution in [0.1, 0.15) is 34.9 Å². The standard InChI is InChI=1S/C15H13BrN2S/c16-15-8-11-13(6-3-7-14(11)19-15)18-12-5-2-1-4-10(12)9-17/h1-2,4-5,8,13,18H,3,6-7H2. The molecule has 0 fully saturated rings. The van der Waals surface area contributed by atoms with Crippen molar-refractivity contribution >= 4 is 33.0 Å². The summed E-state index contributed by atoms with van der Waals surface area (Å²) in [4.78, 5) is 1.46. The average Bonchev–Trinajstić information content (AvgIpc) is 2.81. The fraction of sp³-hybridized carbons (Fsp3) is 0.267. The molecule has 0 saturated heterocycles. The number of fused-ring (bicyclic) bond motifs is 1. The maximum absolute atomic E-state index is 9.15. The van der Waals surface area contributed by atoms with Gasteiger partial charge in [-0.3, -0.25) is 0 Å². The van der Waals surface area contributed by atoms with Crippen molar-refractivity contribution in [1.29, 1.82) is 5.26 Å². The summed E-state index contributed by atoms with van der Waals surface area (Å²) < 4.78 is 1.19. The summed E-state index contributed by atoms with van der Waals surface area (Å²) in [5.41, 5.74) is 3.03. The fourth-order valence-electron chi connectivity index (χ4n) is 2.57. The zero-order valence-electron chi connectivity index (χ0n) is 10.3. The number of para-hydroxylation sites is 1. The lowest BCUT2D eigenvalue weighted by atomic mass is 9.93. The first-order valence-corrected chi connectivity index (χ1v) is 7.92. The van der Waals surface area contributed by atoms with Crippen LogP contribution >= 0.6 is 27.3 Å². The van der Waals surface area contributed by atoms with Crippen molar-refractivity contribution in [3.05, 3.63) is 50.1 Å². The molecule has 0 radical (unpaired) electrons. The molecule has 0 spiro atoms. The summed E-state index contributed by atoms with van der Waals surface area (Å²) in [7, 11) is 0. The fourth-order valence-corrected chi connectivity index (χ4v) is 4.39. The summed E-state index contributed by atoms with van der Waals surface area (Å²) in [6.45, 7) is 0. The van der Waals surface area contributed by atoms with Crippen molar-refractivity contribution in [1.82, 2.24) is 0 Å². The van der Waals surface area contributed by atoms with Gasteiger partial charge in [-0.25, -0.2) is 0 Å². The molecule has 1 atom stereocenters. The van der Waals surface area contributed by atoms with Gasteiger partial charge < -0.3 is 5.32 Å². The van der Waals surface area contributed by atoms with Crippen LogP contribution in [0.4, 0.5) is 5.69 Å². The van der Waals surface area contributed by atoms with Gasteiger partial charge in [0.25, 0.3) is 0 Å². The van der Waals surface area contributed by atoms with Crippen molar-refractivity contribution in [2.45, 2.75) is 25.3 Å². The van der Waals surface area contributed by atoms with Gasteiger partial charge in [-0.2, -0.15) is 5.26 Å². The van der Waals surface area contributed by atoms with E-state index in [1.165, 1.54) is 27.1 Å². The van der Waals surface area contributed by atoms with E-state index in [-0.39, 0.29) is 0 Å². The van der Waals surface area contributed by atoms with E-state index < -0.39 is 0 Å². The minimum absolute atomic E-state index is 0.320. The van der Waals surface area contributed by atoms with Gasteiger partial charge in [-0.1, -0.05) is 12.1 Å². The number of nitriles is 1. The van der Waals surface area contributed by atoms with Crippen molar-refractivity contribution in [2.24, 2.45) is 0 Å². The topological polar surface area (TPSA) is 35.8 Å². The third-order valence-corrected chi connectivity index (χ3v) is 5.17. The molecule has 96 valence electrons. The monoisotopic (exact) mass is 332 g/mol. The van der Waals surface area contributed by atoms with Crippen molar-refractivity contribution in [2.75, 3.05) is 5.32 Å². The summed E-state index contributed by atoms with van der Waals surface area (Å²) in [6.07, 6.45) is 3.49. The average molecular weight is 333 g/mol. The van der Waals surface area contributed by atoms with Crippen LogP contribution in [-0.2, 0) is 6.42 Å². The van der Waals surface area contributed by atoms with Gasteiger partial charge >= 0.3 is 0 Å². The molecule has 0 bridgehead atoms. The molecule has 1 N–H and O–H groups in total. The highest BCUT2D eigenvalue weighted by molar-refractivity contribution is 9.11. The number of aryl methyl sites for hydroxylation is 1. The van der Waals surface area contributed by atoms with E-state index in [9.17, 15) is 0 Å². The SMILES string of the molecule is N#Cc1ccccc1NC1CCCc2sc(Br)cc21. The highest BCUT2D eigenvalue weighted by Gasteiger charge is 2.23. The molecule has 0 aliphatic heterocycles. The molecule has 0 saturated carbocycles. The molecule has 1 aliphatic rings. The maximum Gasteiger partial charge on any atom is 0.101 e. The lowest BCUT2D eigenvalue weighted by Crippen LogP contribution is -2.16. The Morgan fingerprint density at radius 2 is 2.21 bits per heavy atom. The van der Waals surface area contributed by atoms with Crippen molar-refractivity contribution in [3.63, 3.8) is 0 Å². The van der Waals surface area contributed by atoms with E-state index in [1.807, 2.05) is 35.6 Å². The smallest absolute Gasteiger partial charge is 0.101 e. The van der Waals surface area contributed by atoms with Crippen molar-refractivity contribution < 1.29 is 0 Å². The molecule has 2 nitrogen and oxygen atoms in total. The molecular formula is C15H13BrN2S. The first kappa shape index (κ1) is 12.7. The molecule has 1 aliphatic carbocycles. The number of halogens is 1. The Balaban J connectivity index is 1.91. The van der Waals surface area contributed by atoms with Gasteiger partial charge in [0.1, 0.15) is 6.07 Å². The predicted octanol–water partition coefficient (Wildman–Crippen LogP) is 4.87. The van der Waals surface area contributed by atoms with E-state index in [4.69, 9.17) is 5.26 Å². The number of benzene rings is 1. The molecule has 1 aromatic heterocycles. The van der Waals surface area contributed by atoms with Crippen LogP contribution in [0.5, 0.6) is 0 Å². The van der Waals surface area contributed by atoms with Gasteiger partial charge in [0.05, 0.1) is 21.1 Å². The zero-order valence-corrected chi connectivity index (χ0v) is 12.7. The largest absolute Gasteiger partial charge is 0.377 e. The lowest BCUT2D eigenvalue weighted by molar-refractivity contribution is 0.608. The van der Waals surface area contributed by atoms with Gasteiger partial charge in [-0.15, -0.1) is 11.3 Å². The van der Waals surface area contributed by atoms with Crippen LogP contribution in [0.25, 0.3) is 0 Å². The quantitative estimate of drug-likeness (QED) is 0.851. The third-order valence-electron chi connectivity index (χ3n) is 3.46. The Labute approximate surface area is 125 Å². The molecular weight excluding hydrogens is 320 g/mol. The molecule has 1 aromatic carbocycles. The second-order valence-electron chi connectivity index (χ2n) is 4.68. The molecule has 4 heteroatoms. The van der Waals surface area contributed by atoms with Crippen LogP contribution in [0.3, 0.4) is 0 Å². The van der Waals surface area contributed by atoms with E-state index in [2.05, 4.69) is 33.4 Å². The second-order valence-corrected chi connectivity index (χ2v) is 7.19. The number of hydrogen-bond donors (Lipinski definition) is 1. The van der Waals surface area contributed by atoms with Crippen LogP contribution in [0, 0.1) is 11.3 Å². The summed E-state index contributed by atoms with van der Waals surface area (Å²) >= 11 is 5.40. The predicted molar refractivity (Wildman–Crippen MR) is 82.5 cm³/mol. The number of thiophene rings is 1. The van der Waals surface area contributed by atoms with E-state index in [0.717, 1.165) is 12.1 Å². The van der Waals surface area contributed by atoms with Gasteiger partial charge in [-0.05, 0) is 59.0 Å². The Kier molecular flexibility index (Phi) is 3.58. The molecule has 0 amide bonds. The first-order valence-electron chi connectivity index (χ1n) is 6.31. The third kappa shape index (κ3) is 2.54. The Morgan fingerprint density at radius 1 is 1.37 bits per heavy atom. The number of nitrogens with one attached hydrogen (secondary N) is 1. The number of nitrogens with zero attached hydrogens (tertiary/aromatic N) is 1. The molecule has 1 heterocycles. The summed E-state index contributed by atoms with van der Waals surface area (Å²) in [5.74, 6) is 0. The van der Waals surface area contributed by atoms with Crippen LogP contribution in [0.2, 0.25) is 0 Å². The van der Waals surface area contributed by atoms with Crippen LogP contribution in [-0.4, -0.2) is 0 Å². The van der Waals surface area contributed by atoms with Crippen molar-refractivity contribution in [3.8, 4) is 6.07 Å². The maximum atomic E-state index is 9.15.